The Hall–Kier alpha value is -2.19. The van der Waals surface area contributed by atoms with E-state index >= 15 is 0 Å². The van der Waals surface area contributed by atoms with E-state index in [-0.39, 0.29) is 16.3 Å². The van der Waals surface area contributed by atoms with Crippen LogP contribution in [0, 0.1) is 4.77 Å². The first-order valence-electron chi connectivity index (χ1n) is 5.63. The van der Waals surface area contributed by atoms with Gasteiger partial charge in [0.25, 0.3) is 0 Å². The van der Waals surface area contributed by atoms with Crippen LogP contribution in [0.15, 0.2) is 23.1 Å². The van der Waals surface area contributed by atoms with Crippen molar-refractivity contribution in [2.24, 2.45) is 0 Å². The summed E-state index contributed by atoms with van der Waals surface area (Å²) < 4.78 is 1.66. The van der Waals surface area contributed by atoms with Gasteiger partial charge in [0.05, 0.1) is 6.54 Å². The summed E-state index contributed by atoms with van der Waals surface area (Å²) in [6.45, 7) is 0.300. The average Bonchev–Trinajstić information content (AvgIpc) is 2.70. The van der Waals surface area contributed by atoms with Gasteiger partial charge in [0.15, 0.2) is 10.4 Å². The molecule has 0 aliphatic heterocycles. The molecule has 0 saturated carbocycles. The van der Waals surface area contributed by atoms with E-state index in [0.29, 0.717) is 22.9 Å². The van der Waals surface area contributed by atoms with Crippen molar-refractivity contribution in [2.45, 2.75) is 6.54 Å². The quantitative estimate of drug-likeness (QED) is 0.491. The third-order valence-corrected chi connectivity index (χ3v) is 3.22. The molecule has 3 heterocycles. The van der Waals surface area contributed by atoms with Crippen LogP contribution in [0.2, 0.25) is 5.15 Å². The molecule has 0 bridgehead atoms. The molecule has 102 valence electrons. The highest BCUT2D eigenvalue weighted by Crippen LogP contribution is 2.14. The summed E-state index contributed by atoms with van der Waals surface area (Å²) in [5.74, 6) is 0.282. The van der Waals surface area contributed by atoms with E-state index in [2.05, 4.69) is 19.9 Å². The number of rotatable bonds is 2. The number of H-pyrrole nitrogens is 2. The normalized spacial score (nSPS) is 11.1. The van der Waals surface area contributed by atoms with Gasteiger partial charge in [0, 0.05) is 6.20 Å². The number of pyridine rings is 1. The largest absolute Gasteiger partial charge is 0.383 e. The maximum absolute atomic E-state index is 12.0. The molecule has 0 atom stereocenters. The highest BCUT2D eigenvalue weighted by atomic mass is 35.5. The van der Waals surface area contributed by atoms with E-state index in [1.807, 2.05) is 0 Å². The molecule has 0 spiro atoms. The van der Waals surface area contributed by atoms with Crippen molar-refractivity contribution in [3.63, 3.8) is 0 Å². The second kappa shape index (κ2) is 4.73. The van der Waals surface area contributed by atoms with Gasteiger partial charge < -0.3 is 15.7 Å². The van der Waals surface area contributed by atoms with Crippen molar-refractivity contribution < 1.29 is 0 Å². The first-order chi connectivity index (χ1) is 9.54. The van der Waals surface area contributed by atoms with Crippen molar-refractivity contribution in [1.29, 1.82) is 0 Å². The Morgan fingerprint density at radius 3 is 2.90 bits per heavy atom. The number of imidazole rings is 1. The summed E-state index contributed by atoms with van der Waals surface area (Å²) in [5.41, 5.74) is 7.12. The number of aromatic nitrogens is 5. The maximum atomic E-state index is 12.0. The van der Waals surface area contributed by atoms with Crippen LogP contribution in [0.1, 0.15) is 5.56 Å². The number of nitrogens with two attached hydrogens (primary N) is 1. The lowest BCUT2D eigenvalue weighted by atomic mass is 10.3. The first-order valence-corrected chi connectivity index (χ1v) is 6.42. The molecule has 7 nitrogen and oxygen atoms in total. The predicted octanol–water partition coefficient (Wildman–Crippen LogP) is 1.46. The fraction of sp³-hybridized carbons (Fsp3) is 0.0909. The molecule has 0 saturated heterocycles. The SMILES string of the molecule is Nc1[nH]c(=S)nc2c1[nH]c(=O)n2Cc1ccc(Cl)nc1. The number of nitrogens with zero attached hydrogens (tertiary/aromatic N) is 3. The highest BCUT2D eigenvalue weighted by Gasteiger charge is 2.11. The molecule has 0 aromatic carbocycles. The molecular formula is C11H9ClN6OS. The van der Waals surface area contributed by atoms with Crippen LogP contribution in [0.25, 0.3) is 11.2 Å². The Bertz CT molecular complexity index is 894. The molecule has 0 amide bonds. The summed E-state index contributed by atoms with van der Waals surface area (Å²) in [6, 6.07) is 3.44. The van der Waals surface area contributed by atoms with E-state index in [1.54, 1.807) is 18.3 Å². The van der Waals surface area contributed by atoms with E-state index in [1.165, 1.54) is 4.57 Å². The Labute approximate surface area is 122 Å². The fourth-order valence-corrected chi connectivity index (χ4v) is 2.20. The molecule has 9 heteroatoms. The van der Waals surface area contributed by atoms with Gasteiger partial charge >= 0.3 is 5.69 Å². The zero-order valence-corrected chi connectivity index (χ0v) is 11.6. The summed E-state index contributed by atoms with van der Waals surface area (Å²) in [6.07, 6.45) is 1.60. The summed E-state index contributed by atoms with van der Waals surface area (Å²) in [5, 5.41) is 0.393. The number of fused-ring (bicyclic) bond motifs is 1. The molecule has 4 N–H and O–H groups in total. The number of nitrogen functional groups attached to an aromatic ring is 1. The van der Waals surface area contributed by atoms with Crippen LogP contribution in [-0.4, -0.2) is 24.5 Å². The average molecular weight is 309 g/mol. The lowest BCUT2D eigenvalue weighted by Crippen LogP contribution is -2.17. The summed E-state index contributed by atoms with van der Waals surface area (Å²) in [4.78, 5) is 25.4. The zero-order chi connectivity index (χ0) is 14.3. The molecule has 3 rings (SSSR count). The fourth-order valence-electron chi connectivity index (χ4n) is 1.90. The Balaban J connectivity index is 2.16. The van der Waals surface area contributed by atoms with Gasteiger partial charge in [-0.1, -0.05) is 17.7 Å². The number of nitrogens with one attached hydrogen (secondary N) is 2. The number of anilines is 1. The van der Waals surface area contributed by atoms with E-state index in [4.69, 9.17) is 29.6 Å². The Morgan fingerprint density at radius 2 is 2.20 bits per heavy atom. The molecular weight excluding hydrogens is 300 g/mol. The zero-order valence-electron chi connectivity index (χ0n) is 10.1. The van der Waals surface area contributed by atoms with Gasteiger partial charge in [0.2, 0.25) is 0 Å². The topological polar surface area (TPSA) is 105 Å². The maximum Gasteiger partial charge on any atom is 0.328 e. The van der Waals surface area contributed by atoms with Gasteiger partial charge in [-0.2, -0.15) is 4.98 Å². The molecule has 0 unspecified atom stereocenters. The second-order valence-electron chi connectivity index (χ2n) is 4.16. The number of hydrogen-bond donors (Lipinski definition) is 3. The van der Waals surface area contributed by atoms with Crippen LogP contribution in [-0.2, 0) is 6.54 Å². The van der Waals surface area contributed by atoms with E-state index in [0.717, 1.165) is 5.56 Å². The molecule has 3 aromatic rings. The van der Waals surface area contributed by atoms with Gasteiger partial charge in [-0.25, -0.2) is 9.78 Å². The first kappa shape index (κ1) is 12.8. The van der Waals surface area contributed by atoms with Gasteiger partial charge in [-0.15, -0.1) is 0 Å². The van der Waals surface area contributed by atoms with Crippen molar-refractivity contribution in [3.05, 3.63) is 44.3 Å². The lowest BCUT2D eigenvalue weighted by molar-refractivity contribution is 0.773. The van der Waals surface area contributed by atoms with Crippen LogP contribution in [0.5, 0.6) is 0 Å². The van der Waals surface area contributed by atoms with E-state index < -0.39 is 0 Å². The number of hydrogen-bond acceptors (Lipinski definition) is 5. The lowest BCUT2D eigenvalue weighted by Gasteiger charge is -2.03. The van der Waals surface area contributed by atoms with Gasteiger partial charge in [0.1, 0.15) is 16.5 Å². The number of aromatic amines is 2. The summed E-state index contributed by atoms with van der Waals surface area (Å²) in [7, 11) is 0. The number of halogens is 1. The standard InChI is InChI=1S/C11H9ClN6OS/c12-6-2-1-5(3-14-6)4-18-9-7(15-11(18)19)8(13)16-10(20)17-9/h1-3H,4H2,(H,15,19)(H3,13,16,17,20). The van der Waals surface area contributed by atoms with Crippen molar-refractivity contribution in [1.82, 2.24) is 24.5 Å². The molecule has 0 aliphatic rings. The van der Waals surface area contributed by atoms with Crippen LogP contribution in [0.4, 0.5) is 5.82 Å². The molecule has 0 fully saturated rings. The van der Waals surface area contributed by atoms with Crippen molar-refractivity contribution >= 4 is 40.8 Å². The van der Waals surface area contributed by atoms with Crippen LogP contribution < -0.4 is 11.4 Å². The highest BCUT2D eigenvalue weighted by molar-refractivity contribution is 7.71. The minimum absolute atomic E-state index is 0.219. The molecule has 20 heavy (non-hydrogen) atoms. The van der Waals surface area contributed by atoms with Crippen LogP contribution in [0.3, 0.4) is 0 Å². The van der Waals surface area contributed by atoms with E-state index in [9.17, 15) is 4.79 Å². The van der Waals surface area contributed by atoms with Gasteiger partial charge in [-0.05, 0) is 23.8 Å². The van der Waals surface area contributed by atoms with Gasteiger partial charge in [-0.3, -0.25) is 4.57 Å². The Kier molecular flexibility index (Phi) is 3.03. The van der Waals surface area contributed by atoms with Crippen molar-refractivity contribution in [3.8, 4) is 0 Å². The molecule has 0 radical (unpaired) electrons. The monoisotopic (exact) mass is 308 g/mol. The molecule has 3 aromatic heterocycles. The Morgan fingerprint density at radius 1 is 1.40 bits per heavy atom. The summed E-state index contributed by atoms with van der Waals surface area (Å²) >= 11 is 10.7. The smallest absolute Gasteiger partial charge is 0.328 e. The van der Waals surface area contributed by atoms with Crippen molar-refractivity contribution in [2.75, 3.05) is 5.73 Å². The third kappa shape index (κ3) is 2.19. The second-order valence-corrected chi connectivity index (χ2v) is 4.93. The predicted molar refractivity (Wildman–Crippen MR) is 78.3 cm³/mol. The minimum Gasteiger partial charge on any atom is -0.383 e. The third-order valence-electron chi connectivity index (χ3n) is 2.80. The van der Waals surface area contributed by atoms with Crippen LogP contribution >= 0.6 is 23.8 Å². The molecule has 0 aliphatic carbocycles. The minimum atomic E-state index is -0.317.